The second-order valence-corrected chi connectivity index (χ2v) is 6.84. The first-order chi connectivity index (χ1) is 9.02. The summed E-state index contributed by atoms with van der Waals surface area (Å²) in [7, 11) is 3.73. The van der Waals surface area contributed by atoms with Crippen molar-refractivity contribution in [3.63, 3.8) is 0 Å². The fourth-order valence-corrected chi connectivity index (χ4v) is 3.28. The molecule has 0 aromatic carbocycles. The Balaban J connectivity index is 1.86. The number of halogens is 1. The molecule has 6 heteroatoms. The number of guanidine groups is 1. The van der Waals surface area contributed by atoms with Crippen molar-refractivity contribution in [2.45, 2.75) is 31.4 Å². The lowest BCUT2D eigenvalue weighted by Crippen LogP contribution is -2.50. The van der Waals surface area contributed by atoms with E-state index < -0.39 is 5.60 Å². The predicted molar refractivity (Wildman–Crippen MR) is 81.0 cm³/mol. The predicted octanol–water partition coefficient (Wildman–Crippen LogP) is 2.32. The number of aliphatic imine (C=N–C) groups is 1. The number of rotatable bonds is 4. The van der Waals surface area contributed by atoms with Crippen molar-refractivity contribution in [3.05, 3.63) is 21.3 Å². The van der Waals surface area contributed by atoms with Crippen LogP contribution in [0.1, 0.15) is 24.1 Å². The minimum Gasteiger partial charge on any atom is -0.388 e. The highest BCUT2D eigenvalue weighted by Gasteiger charge is 2.34. The molecule has 0 saturated heterocycles. The summed E-state index contributed by atoms with van der Waals surface area (Å²) in [5.74, 6) is 0.796. The average Bonchev–Trinajstić information content (AvgIpc) is 2.73. The Bertz CT molecular complexity index is 456. The molecular weight excluding hydrogens is 282 g/mol. The van der Waals surface area contributed by atoms with Crippen LogP contribution in [-0.2, 0) is 6.54 Å². The number of nitrogens with one attached hydrogen (secondary N) is 1. The molecule has 1 fully saturated rings. The first-order valence-corrected chi connectivity index (χ1v) is 7.60. The quantitative estimate of drug-likeness (QED) is 0.663. The van der Waals surface area contributed by atoms with Gasteiger partial charge in [0, 0.05) is 25.5 Å². The summed E-state index contributed by atoms with van der Waals surface area (Å²) in [6.45, 7) is 1.32. The lowest BCUT2D eigenvalue weighted by Gasteiger charge is -2.37. The van der Waals surface area contributed by atoms with Gasteiger partial charge in [-0.3, -0.25) is 4.99 Å². The minimum absolute atomic E-state index is 0.539. The molecule has 106 valence electrons. The molecule has 1 aliphatic rings. The van der Waals surface area contributed by atoms with Crippen LogP contribution >= 0.6 is 22.9 Å². The third-order valence-corrected chi connectivity index (χ3v) is 4.67. The van der Waals surface area contributed by atoms with Crippen molar-refractivity contribution in [2.24, 2.45) is 4.99 Å². The zero-order chi connectivity index (χ0) is 13.9. The molecule has 1 aliphatic carbocycles. The molecule has 0 bridgehead atoms. The molecule has 1 saturated carbocycles. The van der Waals surface area contributed by atoms with Crippen LogP contribution in [0.15, 0.2) is 17.1 Å². The molecule has 19 heavy (non-hydrogen) atoms. The van der Waals surface area contributed by atoms with Gasteiger partial charge < -0.3 is 15.3 Å². The van der Waals surface area contributed by atoms with E-state index in [9.17, 15) is 5.11 Å². The summed E-state index contributed by atoms with van der Waals surface area (Å²) < 4.78 is 0.801. The van der Waals surface area contributed by atoms with Crippen LogP contribution in [0.2, 0.25) is 4.34 Å². The molecule has 0 unspecified atom stereocenters. The fourth-order valence-electron chi connectivity index (χ4n) is 2.14. The van der Waals surface area contributed by atoms with E-state index in [1.807, 2.05) is 24.1 Å². The number of aliphatic hydroxyl groups is 1. The van der Waals surface area contributed by atoms with Gasteiger partial charge in [-0.2, -0.15) is 0 Å². The second-order valence-electron chi connectivity index (χ2n) is 5.04. The highest BCUT2D eigenvalue weighted by Crippen LogP contribution is 2.30. The maximum absolute atomic E-state index is 10.1. The monoisotopic (exact) mass is 301 g/mol. The Labute approximate surface area is 123 Å². The van der Waals surface area contributed by atoms with E-state index in [1.54, 1.807) is 18.4 Å². The van der Waals surface area contributed by atoms with Crippen molar-refractivity contribution in [1.29, 1.82) is 0 Å². The Morgan fingerprint density at radius 3 is 2.79 bits per heavy atom. The van der Waals surface area contributed by atoms with Crippen LogP contribution in [0.4, 0.5) is 0 Å². The summed E-state index contributed by atoms with van der Waals surface area (Å²) in [4.78, 5) is 7.47. The molecule has 0 amide bonds. The SMILES string of the molecule is CN=C(NCC1(O)CCC1)N(C)Cc1ccc(Cl)s1. The van der Waals surface area contributed by atoms with Gasteiger partial charge in [-0.15, -0.1) is 11.3 Å². The van der Waals surface area contributed by atoms with E-state index >= 15 is 0 Å². The number of hydrogen-bond donors (Lipinski definition) is 2. The van der Waals surface area contributed by atoms with Gasteiger partial charge >= 0.3 is 0 Å². The van der Waals surface area contributed by atoms with Crippen molar-refractivity contribution in [2.75, 3.05) is 20.6 Å². The average molecular weight is 302 g/mol. The molecular formula is C13H20ClN3OS. The summed E-state index contributed by atoms with van der Waals surface area (Å²) in [6, 6.07) is 3.93. The molecule has 1 aromatic heterocycles. The normalized spacial score (nSPS) is 18.0. The minimum atomic E-state index is -0.539. The van der Waals surface area contributed by atoms with Crippen LogP contribution in [0.3, 0.4) is 0 Å². The number of nitrogens with zero attached hydrogens (tertiary/aromatic N) is 2. The third-order valence-electron chi connectivity index (χ3n) is 3.46. The maximum Gasteiger partial charge on any atom is 0.193 e. The van der Waals surface area contributed by atoms with Crippen LogP contribution < -0.4 is 5.32 Å². The van der Waals surface area contributed by atoms with E-state index in [-0.39, 0.29) is 0 Å². The van der Waals surface area contributed by atoms with Crippen LogP contribution in [0.5, 0.6) is 0 Å². The van der Waals surface area contributed by atoms with E-state index in [2.05, 4.69) is 10.3 Å². The summed E-state index contributed by atoms with van der Waals surface area (Å²) >= 11 is 7.50. The molecule has 2 rings (SSSR count). The Morgan fingerprint density at radius 1 is 1.58 bits per heavy atom. The Hall–Kier alpha value is -0.780. The third kappa shape index (κ3) is 3.84. The Kier molecular flexibility index (Phi) is 4.71. The largest absolute Gasteiger partial charge is 0.388 e. The van der Waals surface area contributed by atoms with Gasteiger partial charge in [0.25, 0.3) is 0 Å². The zero-order valence-corrected chi connectivity index (χ0v) is 12.9. The van der Waals surface area contributed by atoms with E-state index in [1.165, 1.54) is 4.88 Å². The van der Waals surface area contributed by atoms with Gasteiger partial charge in [-0.1, -0.05) is 11.6 Å². The first-order valence-electron chi connectivity index (χ1n) is 6.41. The standard InChI is InChI=1S/C13H20ClN3OS/c1-15-12(16-9-13(18)6-3-7-13)17(2)8-10-4-5-11(14)19-10/h4-5,18H,3,6-9H2,1-2H3,(H,15,16). The van der Waals surface area contributed by atoms with Gasteiger partial charge in [0.05, 0.1) is 16.5 Å². The van der Waals surface area contributed by atoms with Gasteiger partial charge in [0.15, 0.2) is 5.96 Å². The highest BCUT2D eigenvalue weighted by molar-refractivity contribution is 7.16. The van der Waals surface area contributed by atoms with Gasteiger partial charge in [-0.25, -0.2) is 0 Å². The number of hydrogen-bond acceptors (Lipinski definition) is 3. The molecule has 4 nitrogen and oxygen atoms in total. The first kappa shape index (κ1) is 14.6. The van der Waals surface area contributed by atoms with E-state index in [0.29, 0.717) is 6.54 Å². The lowest BCUT2D eigenvalue weighted by molar-refractivity contribution is -0.0282. The molecule has 0 radical (unpaired) electrons. The molecule has 0 aliphatic heterocycles. The summed E-state index contributed by atoms with van der Waals surface area (Å²) in [5, 5.41) is 13.3. The Morgan fingerprint density at radius 2 is 2.32 bits per heavy atom. The smallest absolute Gasteiger partial charge is 0.193 e. The lowest BCUT2D eigenvalue weighted by atomic mass is 9.80. The number of thiophene rings is 1. The van der Waals surface area contributed by atoms with Crippen molar-refractivity contribution in [1.82, 2.24) is 10.2 Å². The van der Waals surface area contributed by atoms with Crippen LogP contribution in [-0.4, -0.2) is 42.2 Å². The zero-order valence-electron chi connectivity index (χ0n) is 11.3. The highest BCUT2D eigenvalue weighted by atomic mass is 35.5. The summed E-state index contributed by atoms with van der Waals surface area (Å²) in [5.41, 5.74) is -0.539. The topological polar surface area (TPSA) is 47.9 Å². The maximum atomic E-state index is 10.1. The van der Waals surface area contributed by atoms with Gasteiger partial charge in [0.1, 0.15) is 0 Å². The van der Waals surface area contributed by atoms with Crippen LogP contribution in [0, 0.1) is 0 Å². The molecule has 2 N–H and O–H groups in total. The molecule has 1 aromatic rings. The summed E-state index contributed by atoms with van der Waals surface area (Å²) in [6.07, 6.45) is 2.86. The fraction of sp³-hybridized carbons (Fsp3) is 0.615. The van der Waals surface area contributed by atoms with E-state index in [0.717, 1.165) is 36.1 Å². The molecule has 1 heterocycles. The van der Waals surface area contributed by atoms with Crippen molar-refractivity contribution >= 4 is 28.9 Å². The van der Waals surface area contributed by atoms with Crippen molar-refractivity contribution in [3.8, 4) is 0 Å². The molecule has 0 spiro atoms. The van der Waals surface area contributed by atoms with Gasteiger partial charge in [0.2, 0.25) is 0 Å². The molecule has 0 atom stereocenters. The van der Waals surface area contributed by atoms with Gasteiger partial charge in [-0.05, 0) is 31.4 Å². The van der Waals surface area contributed by atoms with E-state index in [4.69, 9.17) is 11.6 Å². The van der Waals surface area contributed by atoms with Crippen LogP contribution in [0.25, 0.3) is 0 Å². The van der Waals surface area contributed by atoms with Crippen molar-refractivity contribution < 1.29 is 5.11 Å². The second kappa shape index (κ2) is 6.11.